The van der Waals surface area contributed by atoms with Crippen molar-refractivity contribution in [1.29, 1.82) is 0 Å². The zero-order valence-corrected chi connectivity index (χ0v) is 12.2. The Balaban J connectivity index is 3.24. The molecule has 0 aliphatic heterocycles. The molecule has 0 bridgehead atoms. The Morgan fingerprint density at radius 1 is 1.47 bits per heavy atom. The maximum atomic E-state index is 12.4. The predicted octanol–water partition coefficient (Wildman–Crippen LogP) is 1.97. The first-order valence-corrected chi connectivity index (χ1v) is 7.82. The lowest BCUT2D eigenvalue weighted by atomic mass is 10.4. The van der Waals surface area contributed by atoms with Gasteiger partial charge in [0.05, 0.1) is 11.5 Å². The molecule has 0 atom stereocenters. The van der Waals surface area contributed by atoms with Crippen LogP contribution in [0, 0.1) is 6.92 Å². The molecule has 0 saturated heterocycles. The minimum absolute atomic E-state index is 0.0677. The monoisotopic (exact) mass is 277 g/mol. The number of nitrogens with zero attached hydrogens (tertiary/aromatic N) is 1. The van der Waals surface area contributed by atoms with Crippen LogP contribution in [0.25, 0.3) is 0 Å². The van der Waals surface area contributed by atoms with E-state index >= 15 is 0 Å². The van der Waals surface area contributed by atoms with Crippen LogP contribution in [0.4, 0.5) is 0 Å². The summed E-state index contributed by atoms with van der Waals surface area (Å²) in [5.74, 6) is 0. The molecule has 0 aliphatic carbocycles. The van der Waals surface area contributed by atoms with Crippen molar-refractivity contribution in [3.05, 3.63) is 15.8 Å². The van der Waals surface area contributed by atoms with Crippen LogP contribution >= 0.6 is 11.3 Å². The molecule has 1 N–H and O–H groups in total. The van der Waals surface area contributed by atoms with Crippen molar-refractivity contribution in [1.82, 2.24) is 4.31 Å². The molecular weight excluding hydrogens is 258 g/mol. The maximum Gasteiger partial charge on any atom is 0.244 e. The Labute approximate surface area is 107 Å². The van der Waals surface area contributed by atoms with Gasteiger partial charge in [-0.15, -0.1) is 11.3 Å². The van der Waals surface area contributed by atoms with Crippen molar-refractivity contribution in [2.45, 2.75) is 45.2 Å². The summed E-state index contributed by atoms with van der Waals surface area (Å²) in [7, 11) is -3.44. The number of hydrogen-bond donors (Lipinski definition) is 1. The van der Waals surface area contributed by atoms with Gasteiger partial charge in [0, 0.05) is 22.3 Å². The molecule has 0 saturated carbocycles. The highest BCUT2D eigenvalue weighted by Crippen LogP contribution is 2.28. The first-order valence-electron chi connectivity index (χ1n) is 5.56. The third-order valence-electron chi connectivity index (χ3n) is 2.55. The fourth-order valence-electron chi connectivity index (χ4n) is 1.80. The molecule has 1 rings (SSSR count). The summed E-state index contributed by atoms with van der Waals surface area (Å²) < 4.78 is 26.3. The van der Waals surface area contributed by atoms with Crippen LogP contribution in [-0.2, 0) is 16.6 Å². The van der Waals surface area contributed by atoms with E-state index in [1.165, 1.54) is 15.6 Å². The van der Waals surface area contributed by atoms with Crippen LogP contribution in [0.3, 0.4) is 0 Å². The van der Waals surface area contributed by atoms with Crippen LogP contribution in [0.5, 0.6) is 0 Å². The Hall–Kier alpha value is -0.430. The summed E-state index contributed by atoms with van der Waals surface area (Å²) in [6.07, 6.45) is 0. The quantitative estimate of drug-likeness (QED) is 0.895. The molecule has 0 aromatic carbocycles. The Morgan fingerprint density at radius 2 is 2.06 bits per heavy atom. The summed E-state index contributed by atoms with van der Waals surface area (Å²) in [4.78, 5) is 1.73. The predicted molar refractivity (Wildman–Crippen MR) is 69.7 cm³/mol. The Kier molecular flexibility index (Phi) is 4.71. The third kappa shape index (κ3) is 2.88. The second-order valence-electron chi connectivity index (χ2n) is 4.09. The van der Waals surface area contributed by atoms with Crippen molar-refractivity contribution in [2.24, 2.45) is 0 Å². The number of hydrogen-bond acceptors (Lipinski definition) is 4. The van der Waals surface area contributed by atoms with E-state index in [-0.39, 0.29) is 12.6 Å². The van der Waals surface area contributed by atoms with Gasteiger partial charge in [-0.3, -0.25) is 0 Å². The lowest BCUT2D eigenvalue weighted by Gasteiger charge is -2.24. The number of sulfonamides is 1. The van der Waals surface area contributed by atoms with Gasteiger partial charge in [0.1, 0.15) is 0 Å². The van der Waals surface area contributed by atoms with Gasteiger partial charge >= 0.3 is 0 Å². The van der Waals surface area contributed by atoms with Crippen LogP contribution in [0.15, 0.2) is 11.0 Å². The molecule has 0 unspecified atom stereocenters. The van der Waals surface area contributed by atoms with Crippen LogP contribution in [0.1, 0.15) is 30.5 Å². The SMILES string of the molecule is CCN(C(C)C)S(=O)(=O)c1cc(CO)sc1C. The zero-order chi connectivity index (χ0) is 13.2. The molecule has 0 radical (unpaired) electrons. The second kappa shape index (κ2) is 5.48. The van der Waals surface area contributed by atoms with Crippen molar-refractivity contribution in [3.63, 3.8) is 0 Å². The van der Waals surface area contributed by atoms with Gasteiger partial charge < -0.3 is 5.11 Å². The highest BCUT2D eigenvalue weighted by atomic mass is 32.2. The minimum atomic E-state index is -3.44. The van der Waals surface area contributed by atoms with Gasteiger partial charge in [0.15, 0.2) is 0 Å². The Bertz CT molecular complexity index is 477. The summed E-state index contributed by atoms with van der Waals surface area (Å²) in [6, 6.07) is 1.50. The number of thiophene rings is 1. The van der Waals surface area contributed by atoms with Crippen molar-refractivity contribution >= 4 is 21.4 Å². The van der Waals surface area contributed by atoms with Crippen LogP contribution in [-0.4, -0.2) is 30.4 Å². The summed E-state index contributed by atoms with van der Waals surface area (Å²) >= 11 is 1.33. The van der Waals surface area contributed by atoms with E-state index in [4.69, 9.17) is 5.11 Å². The van der Waals surface area contributed by atoms with E-state index < -0.39 is 10.0 Å². The average Bonchev–Trinajstić information content (AvgIpc) is 2.60. The van der Waals surface area contributed by atoms with E-state index in [2.05, 4.69) is 0 Å². The van der Waals surface area contributed by atoms with E-state index in [9.17, 15) is 8.42 Å². The standard InChI is InChI=1S/C11H19NO3S2/c1-5-12(8(2)3)17(14,15)11-6-10(7-13)16-9(11)4/h6,8,13H,5,7H2,1-4H3. The molecule has 0 aliphatic rings. The van der Waals surface area contributed by atoms with Crippen molar-refractivity contribution in [3.8, 4) is 0 Å². The molecule has 98 valence electrons. The largest absolute Gasteiger partial charge is 0.391 e. The lowest BCUT2D eigenvalue weighted by molar-refractivity contribution is 0.285. The number of aryl methyl sites for hydroxylation is 1. The topological polar surface area (TPSA) is 57.6 Å². The lowest BCUT2D eigenvalue weighted by Crippen LogP contribution is -2.36. The fraction of sp³-hybridized carbons (Fsp3) is 0.636. The number of aliphatic hydroxyl groups excluding tert-OH is 1. The summed E-state index contributed by atoms with van der Waals surface area (Å²) in [6.45, 7) is 7.64. The minimum Gasteiger partial charge on any atom is -0.391 e. The average molecular weight is 277 g/mol. The molecule has 0 fully saturated rings. The zero-order valence-electron chi connectivity index (χ0n) is 10.6. The first-order chi connectivity index (χ1) is 7.84. The van der Waals surface area contributed by atoms with Crippen molar-refractivity contribution in [2.75, 3.05) is 6.54 Å². The molecule has 1 aromatic heterocycles. The molecular formula is C11H19NO3S2. The van der Waals surface area contributed by atoms with Gasteiger partial charge in [-0.25, -0.2) is 8.42 Å². The molecule has 1 aromatic rings. The normalized spacial score (nSPS) is 12.6. The van der Waals surface area contributed by atoms with Crippen LogP contribution in [0.2, 0.25) is 0 Å². The summed E-state index contributed by atoms with van der Waals surface area (Å²) in [5.41, 5.74) is 0. The number of aliphatic hydroxyl groups is 1. The molecule has 1 heterocycles. The summed E-state index contributed by atoms with van der Waals surface area (Å²) in [5, 5.41) is 9.05. The molecule has 0 amide bonds. The van der Waals surface area contributed by atoms with Gasteiger partial charge in [-0.05, 0) is 26.8 Å². The fourth-order valence-corrected chi connectivity index (χ4v) is 4.91. The molecule has 4 nitrogen and oxygen atoms in total. The van der Waals surface area contributed by atoms with Crippen molar-refractivity contribution < 1.29 is 13.5 Å². The molecule has 17 heavy (non-hydrogen) atoms. The highest BCUT2D eigenvalue weighted by Gasteiger charge is 2.28. The molecule has 6 heteroatoms. The van der Waals surface area contributed by atoms with Gasteiger partial charge in [0.25, 0.3) is 0 Å². The van der Waals surface area contributed by atoms with Crippen LogP contribution < -0.4 is 0 Å². The van der Waals surface area contributed by atoms with E-state index in [0.29, 0.717) is 16.3 Å². The van der Waals surface area contributed by atoms with E-state index in [0.717, 1.165) is 4.88 Å². The third-order valence-corrected chi connectivity index (χ3v) is 5.99. The maximum absolute atomic E-state index is 12.4. The highest BCUT2D eigenvalue weighted by molar-refractivity contribution is 7.89. The van der Waals surface area contributed by atoms with Gasteiger partial charge in [-0.2, -0.15) is 4.31 Å². The van der Waals surface area contributed by atoms with Gasteiger partial charge in [0.2, 0.25) is 10.0 Å². The molecule has 0 spiro atoms. The smallest absolute Gasteiger partial charge is 0.244 e. The van der Waals surface area contributed by atoms with Gasteiger partial charge in [-0.1, -0.05) is 6.92 Å². The second-order valence-corrected chi connectivity index (χ2v) is 7.29. The van der Waals surface area contributed by atoms with E-state index in [1.54, 1.807) is 13.0 Å². The first kappa shape index (κ1) is 14.6. The number of rotatable bonds is 5. The van der Waals surface area contributed by atoms with E-state index in [1.807, 2.05) is 20.8 Å². The Morgan fingerprint density at radius 3 is 2.41 bits per heavy atom.